The van der Waals surface area contributed by atoms with E-state index in [2.05, 4.69) is 53.8 Å². The summed E-state index contributed by atoms with van der Waals surface area (Å²) in [5.74, 6) is 0.782. The van der Waals surface area contributed by atoms with Crippen molar-refractivity contribution in [2.45, 2.75) is 31.7 Å². The van der Waals surface area contributed by atoms with Crippen molar-refractivity contribution in [2.75, 3.05) is 7.05 Å². The first-order chi connectivity index (χ1) is 9.38. The molecule has 0 radical (unpaired) electrons. The maximum absolute atomic E-state index is 3.22. The van der Waals surface area contributed by atoms with Gasteiger partial charge in [-0.25, -0.2) is 0 Å². The van der Waals surface area contributed by atoms with E-state index >= 15 is 0 Å². The summed E-state index contributed by atoms with van der Waals surface area (Å²) in [6.45, 7) is 0.930. The molecule has 0 aromatic heterocycles. The van der Waals surface area contributed by atoms with Crippen LogP contribution >= 0.6 is 0 Å². The van der Waals surface area contributed by atoms with Gasteiger partial charge in [-0.05, 0) is 54.1 Å². The zero-order valence-electron chi connectivity index (χ0n) is 11.5. The fourth-order valence-electron chi connectivity index (χ4n) is 2.89. The number of nitrogens with one attached hydrogen (secondary N) is 1. The van der Waals surface area contributed by atoms with Gasteiger partial charge in [-0.2, -0.15) is 0 Å². The number of rotatable bonds is 4. The molecule has 1 aliphatic rings. The topological polar surface area (TPSA) is 12.0 Å². The Hall–Kier alpha value is -1.60. The third kappa shape index (κ3) is 2.57. The largest absolute Gasteiger partial charge is 0.316 e. The lowest BCUT2D eigenvalue weighted by molar-refractivity contribution is 0.420. The van der Waals surface area contributed by atoms with Crippen LogP contribution in [-0.2, 0) is 6.54 Å². The van der Waals surface area contributed by atoms with E-state index in [1.807, 2.05) is 7.05 Å². The van der Waals surface area contributed by atoms with Gasteiger partial charge in [0.05, 0.1) is 0 Å². The molecule has 1 saturated carbocycles. The molecule has 0 amide bonds. The second-order valence-electron chi connectivity index (χ2n) is 5.45. The van der Waals surface area contributed by atoms with Gasteiger partial charge >= 0.3 is 0 Å². The molecule has 0 unspecified atom stereocenters. The fraction of sp³-hybridized carbons (Fsp3) is 0.333. The van der Waals surface area contributed by atoms with Gasteiger partial charge < -0.3 is 5.32 Å². The molecule has 3 rings (SSSR count). The van der Waals surface area contributed by atoms with E-state index in [1.165, 1.54) is 41.5 Å². The zero-order chi connectivity index (χ0) is 13.1. The lowest BCUT2D eigenvalue weighted by Gasteiger charge is -2.28. The molecule has 19 heavy (non-hydrogen) atoms. The lowest BCUT2D eigenvalue weighted by atomic mass is 9.77. The quantitative estimate of drug-likeness (QED) is 0.852. The Labute approximate surface area is 115 Å². The van der Waals surface area contributed by atoms with Crippen molar-refractivity contribution in [1.82, 2.24) is 5.32 Å². The van der Waals surface area contributed by atoms with Crippen LogP contribution in [-0.4, -0.2) is 7.05 Å². The molecule has 1 N–H and O–H groups in total. The van der Waals surface area contributed by atoms with Crippen LogP contribution in [0.25, 0.3) is 11.1 Å². The summed E-state index contributed by atoms with van der Waals surface area (Å²) in [7, 11) is 2.00. The summed E-state index contributed by atoms with van der Waals surface area (Å²) in [6.07, 6.45) is 4.10. The Kier molecular flexibility index (Phi) is 3.65. The first kappa shape index (κ1) is 12.4. The van der Waals surface area contributed by atoms with Crippen molar-refractivity contribution >= 4 is 0 Å². The van der Waals surface area contributed by atoms with Crippen molar-refractivity contribution in [2.24, 2.45) is 0 Å². The fourth-order valence-corrected chi connectivity index (χ4v) is 2.89. The minimum absolute atomic E-state index is 0.782. The monoisotopic (exact) mass is 251 g/mol. The van der Waals surface area contributed by atoms with Crippen LogP contribution in [0.4, 0.5) is 0 Å². The molecule has 0 atom stereocenters. The van der Waals surface area contributed by atoms with Crippen LogP contribution < -0.4 is 5.32 Å². The predicted octanol–water partition coefficient (Wildman–Crippen LogP) is 4.34. The van der Waals surface area contributed by atoms with E-state index in [-0.39, 0.29) is 0 Å². The Morgan fingerprint density at radius 3 is 2.63 bits per heavy atom. The predicted molar refractivity (Wildman–Crippen MR) is 81.2 cm³/mol. The normalized spacial score (nSPS) is 15.2. The molecule has 1 heteroatoms. The van der Waals surface area contributed by atoms with E-state index in [0.29, 0.717) is 0 Å². The third-order valence-electron chi connectivity index (χ3n) is 4.12. The highest BCUT2D eigenvalue weighted by Gasteiger charge is 2.22. The average Bonchev–Trinajstić information content (AvgIpc) is 2.38. The van der Waals surface area contributed by atoms with Crippen LogP contribution in [0.3, 0.4) is 0 Å². The number of hydrogen-bond acceptors (Lipinski definition) is 1. The zero-order valence-corrected chi connectivity index (χ0v) is 11.5. The molecule has 1 fully saturated rings. The average molecular weight is 251 g/mol. The molecular formula is C18H21N. The van der Waals surface area contributed by atoms with E-state index in [9.17, 15) is 0 Å². The van der Waals surface area contributed by atoms with Gasteiger partial charge in [0, 0.05) is 6.54 Å². The molecule has 2 aromatic rings. The van der Waals surface area contributed by atoms with Crippen molar-refractivity contribution in [3.05, 3.63) is 59.7 Å². The Balaban J connectivity index is 1.99. The second kappa shape index (κ2) is 5.58. The van der Waals surface area contributed by atoms with Crippen molar-refractivity contribution in [1.29, 1.82) is 0 Å². The minimum atomic E-state index is 0.782. The maximum atomic E-state index is 3.22. The highest BCUT2D eigenvalue weighted by atomic mass is 14.8. The highest BCUT2D eigenvalue weighted by molar-refractivity contribution is 5.69. The van der Waals surface area contributed by atoms with Gasteiger partial charge in [-0.1, -0.05) is 48.9 Å². The third-order valence-corrected chi connectivity index (χ3v) is 4.12. The molecule has 0 bridgehead atoms. The standard InChI is InChI=1S/C18H21N/c1-19-13-14-6-4-9-16(12-14)18-11-3-2-10-17(18)15-7-5-8-15/h2-4,6,9-12,15,19H,5,7-8,13H2,1H3. The van der Waals surface area contributed by atoms with Crippen LogP contribution in [0.2, 0.25) is 0 Å². The summed E-state index contributed by atoms with van der Waals surface area (Å²) >= 11 is 0. The summed E-state index contributed by atoms with van der Waals surface area (Å²) < 4.78 is 0. The van der Waals surface area contributed by atoms with Gasteiger partial charge in [0.15, 0.2) is 0 Å². The summed E-state index contributed by atoms with van der Waals surface area (Å²) in [5, 5.41) is 3.22. The first-order valence-corrected chi connectivity index (χ1v) is 7.21. The molecule has 1 aliphatic carbocycles. The molecule has 0 spiro atoms. The van der Waals surface area contributed by atoms with Crippen LogP contribution in [0, 0.1) is 0 Å². The van der Waals surface area contributed by atoms with Crippen LogP contribution in [0.15, 0.2) is 48.5 Å². The molecule has 0 saturated heterocycles. The molecule has 0 aliphatic heterocycles. The van der Waals surface area contributed by atoms with Crippen LogP contribution in [0.5, 0.6) is 0 Å². The van der Waals surface area contributed by atoms with E-state index < -0.39 is 0 Å². The van der Waals surface area contributed by atoms with Crippen molar-refractivity contribution < 1.29 is 0 Å². The van der Waals surface area contributed by atoms with Gasteiger partial charge in [0.1, 0.15) is 0 Å². The van der Waals surface area contributed by atoms with Crippen molar-refractivity contribution in [3.8, 4) is 11.1 Å². The van der Waals surface area contributed by atoms with E-state index in [0.717, 1.165) is 12.5 Å². The van der Waals surface area contributed by atoms with Crippen LogP contribution in [0.1, 0.15) is 36.3 Å². The molecular weight excluding hydrogens is 230 g/mol. The maximum Gasteiger partial charge on any atom is 0.0202 e. The van der Waals surface area contributed by atoms with Gasteiger partial charge in [-0.3, -0.25) is 0 Å². The molecule has 0 heterocycles. The Morgan fingerprint density at radius 1 is 1.05 bits per heavy atom. The summed E-state index contributed by atoms with van der Waals surface area (Å²) in [4.78, 5) is 0. The van der Waals surface area contributed by atoms with E-state index in [1.54, 1.807) is 0 Å². The number of benzene rings is 2. The Morgan fingerprint density at radius 2 is 1.89 bits per heavy atom. The van der Waals surface area contributed by atoms with Crippen molar-refractivity contribution in [3.63, 3.8) is 0 Å². The summed E-state index contributed by atoms with van der Waals surface area (Å²) in [5.41, 5.74) is 5.67. The number of hydrogen-bond donors (Lipinski definition) is 1. The smallest absolute Gasteiger partial charge is 0.0202 e. The van der Waals surface area contributed by atoms with E-state index in [4.69, 9.17) is 0 Å². The molecule has 1 nitrogen and oxygen atoms in total. The molecule has 2 aromatic carbocycles. The lowest BCUT2D eigenvalue weighted by Crippen LogP contribution is -2.10. The SMILES string of the molecule is CNCc1cccc(-c2ccccc2C2CCC2)c1. The highest BCUT2D eigenvalue weighted by Crippen LogP contribution is 2.41. The van der Waals surface area contributed by atoms with Gasteiger partial charge in [0.2, 0.25) is 0 Å². The minimum Gasteiger partial charge on any atom is -0.316 e. The van der Waals surface area contributed by atoms with Gasteiger partial charge in [0.25, 0.3) is 0 Å². The second-order valence-corrected chi connectivity index (χ2v) is 5.45. The first-order valence-electron chi connectivity index (χ1n) is 7.21. The molecule has 98 valence electrons. The summed E-state index contributed by atoms with van der Waals surface area (Å²) in [6, 6.07) is 17.8. The van der Waals surface area contributed by atoms with Gasteiger partial charge in [-0.15, -0.1) is 0 Å². The Bertz CT molecular complexity index is 555.